The summed E-state index contributed by atoms with van der Waals surface area (Å²) in [6.07, 6.45) is 6.50. The largest absolute Gasteiger partial charge is 0.373 e. The SMILES string of the molecule is CCCN1CCN(C(=O)c2ccnc(NC)c2)[C@@H](Cc2cccc(-c3ccncc3)c2)C1=O. The molecule has 170 valence electrons. The second-order valence-electron chi connectivity index (χ2n) is 8.16. The highest BCUT2D eigenvalue weighted by Gasteiger charge is 2.37. The Labute approximate surface area is 194 Å². The number of hydrogen-bond acceptors (Lipinski definition) is 5. The van der Waals surface area contributed by atoms with E-state index in [4.69, 9.17) is 0 Å². The highest BCUT2D eigenvalue weighted by molar-refractivity contribution is 5.98. The molecular weight excluding hydrogens is 414 g/mol. The minimum absolute atomic E-state index is 0.00802. The molecule has 3 heterocycles. The summed E-state index contributed by atoms with van der Waals surface area (Å²) in [4.78, 5) is 38.8. The second-order valence-corrected chi connectivity index (χ2v) is 8.16. The van der Waals surface area contributed by atoms with Gasteiger partial charge in [0.1, 0.15) is 11.9 Å². The minimum atomic E-state index is -0.545. The Balaban J connectivity index is 1.63. The molecule has 33 heavy (non-hydrogen) atoms. The van der Waals surface area contributed by atoms with Gasteiger partial charge in [0.15, 0.2) is 0 Å². The first kappa shape index (κ1) is 22.5. The first-order chi connectivity index (χ1) is 16.1. The van der Waals surface area contributed by atoms with Crippen LogP contribution in [0.25, 0.3) is 11.1 Å². The van der Waals surface area contributed by atoms with Crippen LogP contribution in [0.3, 0.4) is 0 Å². The molecule has 1 atom stereocenters. The smallest absolute Gasteiger partial charge is 0.254 e. The van der Waals surface area contributed by atoms with E-state index in [9.17, 15) is 9.59 Å². The highest BCUT2D eigenvalue weighted by Crippen LogP contribution is 2.24. The molecule has 0 aliphatic carbocycles. The molecule has 0 unspecified atom stereocenters. The Morgan fingerprint density at radius 2 is 1.88 bits per heavy atom. The molecule has 1 saturated heterocycles. The molecule has 1 fully saturated rings. The Hall–Kier alpha value is -3.74. The molecule has 2 amide bonds. The highest BCUT2D eigenvalue weighted by atomic mass is 16.2. The van der Waals surface area contributed by atoms with Gasteiger partial charge in [-0.15, -0.1) is 0 Å². The van der Waals surface area contributed by atoms with Gasteiger partial charge in [-0.1, -0.05) is 31.2 Å². The van der Waals surface area contributed by atoms with Crippen molar-refractivity contribution >= 4 is 17.6 Å². The Morgan fingerprint density at radius 1 is 1.06 bits per heavy atom. The number of pyridine rings is 2. The summed E-state index contributed by atoms with van der Waals surface area (Å²) in [7, 11) is 1.77. The van der Waals surface area contributed by atoms with Gasteiger partial charge < -0.3 is 15.1 Å². The number of hydrogen-bond donors (Lipinski definition) is 1. The van der Waals surface area contributed by atoms with Crippen LogP contribution >= 0.6 is 0 Å². The van der Waals surface area contributed by atoms with Crippen molar-refractivity contribution in [1.82, 2.24) is 19.8 Å². The molecule has 0 spiro atoms. The van der Waals surface area contributed by atoms with Crippen LogP contribution in [0, 0.1) is 0 Å². The molecule has 2 aromatic heterocycles. The van der Waals surface area contributed by atoms with Crippen LogP contribution in [0.2, 0.25) is 0 Å². The maximum absolute atomic E-state index is 13.5. The average molecular weight is 444 g/mol. The fraction of sp³-hybridized carbons (Fsp3) is 0.308. The first-order valence-electron chi connectivity index (χ1n) is 11.3. The van der Waals surface area contributed by atoms with Crippen LogP contribution in [0.5, 0.6) is 0 Å². The van der Waals surface area contributed by atoms with Crippen molar-refractivity contribution in [2.75, 3.05) is 32.0 Å². The van der Waals surface area contributed by atoms with E-state index >= 15 is 0 Å². The summed E-state index contributed by atoms with van der Waals surface area (Å²) >= 11 is 0. The summed E-state index contributed by atoms with van der Waals surface area (Å²) < 4.78 is 0. The van der Waals surface area contributed by atoms with E-state index in [0.29, 0.717) is 37.4 Å². The van der Waals surface area contributed by atoms with E-state index in [2.05, 4.69) is 28.3 Å². The van der Waals surface area contributed by atoms with Gasteiger partial charge in [-0.3, -0.25) is 14.6 Å². The third kappa shape index (κ3) is 5.03. The first-order valence-corrected chi connectivity index (χ1v) is 11.3. The molecule has 0 saturated carbocycles. The Morgan fingerprint density at radius 3 is 2.64 bits per heavy atom. The van der Waals surface area contributed by atoms with Crippen LogP contribution in [0.15, 0.2) is 67.1 Å². The van der Waals surface area contributed by atoms with E-state index in [1.807, 2.05) is 35.2 Å². The van der Waals surface area contributed by atoms with Gasteiger partial charge in [0.25, 0.3) is 5.91 Å². The van der Waals surface area contributed by atoms with E-state index < -0.39 is 6.04 Å². The number of anilines is 1. The number of rotatable bonds is 7. The number of aromatic nitrogens is 2. The van der Waals surface area contributed by atoms with Gasteiger partial charge in [-0.2, -0.15) is 0 Å². The van der Waals surface area contributed by atoms with Crippen LogP contribution in [-0.2, 0) is 11.2 Å². The lowest BCUT2D eigenvalue weighted by atomic mass is 9.97. The van der Waals surface area contributed by atoms with Crippen LogP contribution < -0.4 is 5.32 Å². The van der Waals surface area contributed by atoms with Crippen molar-refractivity contribution in [3.05, 3.63) is 78.2 Å². The van der Waals surface area contributed by atoms with E-state index in [-0.39, 0.29) is 11.8 Å². The van der Waals surface area contributed by atoms with E-state index in [0.717, 1.165) is 23.1 Å². The third-order valence-corrected chi connectivity index (χ3v) is 5.97. The van der Waals surface area contributed by atoms with Crippen molar-refractivity contribution < 1.29 is 9.59 Å². The molecule has 3 aromatic rings. The van der Waals surface area contributed by atoms with Crippen LogP contribution in [-0.4, -0.2) is 64.3 Å². The maximum atomic E-state index is 13.5. The lowest BCUT2D eigenvalue weighted by molar-refractivity contribution is -0.140. The zero-order chi connectivity index (χ0) is 23.2. The maximum Gasteiger partial charge on any atom is 0.254 e. The van der Waals surface area contributed by atoms with Gasteiger partial charge in [0, 0.05) is 57.3 Å². The predicted octanol–water partition coefficient (Wildman–Crippen LogP) is 3.49. The van der Waals surface area contributed by atoms with E-state index in [1.54, 1.807) is 42.7 Å². The number of carbonyl (C=O) groups excluding carboxylic acids is 2. The third-order valence-electron chi connectivity index (χ3n) is 5.97. The molecule has 1 N–H and O–H groups in total. The Kier molecular flexibility index (Phi) is 6.98. The molecule has 7 nitrogen and oxygen atoms in total. The monoisotopic (exact) mass is 443 g/mol. The summed E-state index contributed by atoms with van der Waals surface area (Å²) in [5.41, 5.74) is 3.68. The molecule has 0 radical (unpaired) electrons. The zero-order valence-corrected chi connectivity index (χ0v) is 19.1. The molecule has 1 aliphatic heterocycles. The van der Waals surface area contributed by atoms with Gasteiger partial charge >= 0.3 is 0 Å². The van der Waals surface area contributed by atoms with Crippen molar-refractivity contribution in [3.8, 4) is 11.1 Å². The number of amides is 2. The zero-order valence-electron chi connectivity index (χ0n) is 19.1. The fourth-order valence-electron chi connectivity index (χ4n) is 4.28. The van der Waals surface area contributed by atoms with Crippen molar-refractivity contribution in [3.63, 3.8) is 0 Å². The number of piperazine rings is 1. The number of nitrogens with one attached hydrogen (secondary N) is 1. The number of benzene rings is 1. The lowest BCUT2D eigenvalue weighted by Crippen LogP contribution is -2.59. The fourth-order valence-corrected chi connectivity index (χ4v) is 4.28. The van der Waals surface area contributed by atoms with Crippen molar-refractivity contribution in [1.29, 1.82) is 0 Å². The predicted molar refractivity (Wildman–Crippen MR) is 129 cm³/mol. The lowest BCUT2D eigenvalue weighted by Gasteiger charge is -2.41. The molecule has 4 rings (SSSR count). The van der Waals surface area contributed by atoms with Gasteiger partial charge in [-0.25, -0.2) is 4.98 Å². The normalized spacial score (nSPS) is 16.1. The molecular formula is C26H29N5O2. The average Bonchev–Trinajstić information content (AvgIpc) is 2.87. The summed E-state index contributed by atoms with van der Waals surface area (Å²) in [5.74, 6) is 0.487. The molecule has 0 bridgehead atoms. The summed E-state index contributed by atoms with van der Waals surface area (Å²) in [6, 6.07) is 15.0. The quantitative estimate of drug-likeness (QED) is 0.605. The van der Waals surface area contributed by atoms with E-state index in [1.165, 1.54) is 0 Å². The van der Waals surface area contributed by atoms with Crippen molar-refractivity contribution in [2.45, 2.75) is 25.8 Å². The standard InChI is InChI=1S/C26H29N5O2/c1-3-13-30-14-15-31(25(32)22-9-12-29-24(18-22)27-2)23(26(30)33)17-19-5-4-6-21(16-19)20-7-10-28-11-8-20/h4-12,16,18,23H,3,13-15,17H2,1-2H3,(H,27,29)/t23-/m0/s1. The van der Waals surface area contributed by atoms with Gasteiger partial charge in [0.05, 0.1) is 0 Å². The van der Waals surface area contributed by atoms with Crippen LogP contribution in [0.1, 0.15) is 29.3 Å². The minimum Gasteiger partial charge on any atom is -0.373 e. The molecule has 7 heteroatoms. The molecule has 1 aliphatic rings. The van der Waals surface area contributed by atoms with Crippen molar-refractivity contribution in [2.24, 2.45) is 0 Å². The topological polar surface area (TPSA) is 78.4 Å². The van der Waals surface area contributed by atoms with Gasteiger partial charge in [0.2, 0.25) is 5.91 Å². The van der Waals surface area contributed by atoms with Crippen LogP contribution in [0.4, 0.5) is 5.82 Å². The second kappa shape index (κ2) is 10.3. The Bertz CT molecular complexity index is 1120. The summed E-state index contributed by atoms with van der Waals surface area (Å²) in [5, 5.41) is 2.97. The number of carbonyl (C=O) groups is 2. The van der Waals surface area contributed by atoms with Gasteiger partial charge in [-0.05, 0) is 47.4 Å². The summed E-state index contributed by atoms with van der Waals surface area (Å²) in [6.45, 7) is 3.83. The number of nitrogens with zero attached hydrogens (tertiary/aromatic N) is 4. The molecule has 1 aromatic carbocycles.